The number of carboxylic acid groups (broad SMARTS) is 1. The molecule has 110 valence electrons. The fourth-order valence-corrected chi connectivity index (χ4v) is 3.23. The first-order chi connectivity index (χ1) is 9.97. The van der Waals surface area contributed by atoms with Crippen LogP contribution < -0.4 is 9.46 Å². The van der Waals surface area contributed by atoms with E-state index in [1.807, 2.05) is 0 Å². The molecule has 1 aromatic heterocycles. The number of carboxylic acids is 1. The second kappa shape index (κ2) is 4.77. The number of nitrogens with zero attached hydrogens (tertiary/aromatic N) is 1. The van der Waals surface area contributed by atoms with Gasteiger partial charge in [-0.3, -0.25) is 9.82 Å². The van der Waals surface area contributed by atoms with E-state index in [-0.39, 0.29) is 0 Å². The minimum Gasteiger partial charge on any atom is -0.493 e. The van der Waals surface area contributed by atoms with E-state index in [9.17, 15) is 13.2 Å². The van der Waals surface area contributed by atoms with Crippen molar-refractivity contribution in [1.82, 2.24) is 10.2 Å². The number of hydrogen-bond donors (Lipinski definition) is 3. The zero-order valence-electron chi connectivity index (χ0n) is 10.7. The second-order valence-electron chi connectivity index (χ2n) is 4.44. The van der Waals surface area contributed by atoms with Crippen LogP contribution in [0.4, 0.5) is 5.69 Å². The van der Waals surface area contributed by atoms with E-state index >= 15 is 0 Å². The highest BCUT2D eigenvalue weighted by atomic mass is 32.2. The topological polar surface area (TPSA) is 121 Å². The Labute approximate surface area is 119 Å². The Kier molecular flexibility index (Phi) is 3.05. The summed E-state index contributed by atoms with van der Waals surface area (Å²) in [5, 5.41) is 14.1. The molecule has 0 bridgehead atoms. The Morgan fingerprint density at radius 3 is 3.00 bits per heavy atom. The monoisotopic (exact) mass is 309 g/mol. The number of carbonyl (C=O) groups is 1. The molecule has 1 aliphatic rings. The van der Waals surface area contributed by atoms with E-state index in [4.69, 9.17) is 9.84 Å². The molecule has 0 unspecified atom stereocenters. The number of nitrogens with one attached hydrogen (secondary N) is 2. The van der Waals surface area contributed by atoms with Gasteiger partial charge in [-0.25, -0.2) is 4.79 Å². The highest BCUT2D eigenvalue weighted by molar-refractivity contribution is 7.92. The number of fused-ring (bicyclic) bond motifs is 1. The molecule has 1 aliphatic heterocycles. The van der Waals surface area contributed by atoms with Crippen LogP contribution in [0, 0.1) is 0 Å². The predicted octanol–water partition coefficient (Wildman–Crippen LogP) is 0.844. The lowest BCUT2D eigenvalue weighted by atomic mass is 10.1. The Morgan fingerprint density at radius 1 is 1.43 bits per heavy atom. The Morgan fingerprint density at radius 2 is 2.24 bits per heavy atom. The second-order valence-corrected chi connectivity index (χ2v) is 6.06. The van der Waals surface area contributed by atoms with E-state index in [0.717, 1.165) is 17.5 Å². The third-order valence-corrected chi connectivity index (χ3v) is 4.40. The highest BCUT2D eigenvalue weighted by Gasteiger charge is 2.25. The quantitative estimate of drug-likeness (QED) is 0.769. The van der Waals surface area contributed by atoms with E-state index in [2.05, 4.69) is 14.9 Å². The standard InChI is InChI=1S/C12H11N3O5S/c16-12(17)9-6-13-14-11(9)21(18,19)15-8-1-2-10-7(5-8)3-4-20-10/h1-2,5-6,15H,3-4H2,(H,13,14)(H,16,17). The average molecular weight is 309 g/mol. The maximum Gasteiger partial charge on any atom is 0.340 e. The van der Waals surface area contributed by atoms with Crippen LogP contribution in [0.15, 0.2) is 29.4 Å². The maximum atomic E-state index is 12.2. The van der Waals surface area contributed by atoms with Crippen molar-refractivity contribution < 1.29 is 23.1 Å². The molecular formula is C12H11N3O5S. The fourth-order valence-electron chi connectivity index (χ4n) is 2.09. The molecule has 0 saturated carbocycles. The molecule has 3 N–H and O–H groups in total. The van der Waals surface area contributed by atoms with Crippen molar-refractivity contribution >= 4 is 21.7 Å². The number of aromatic amines is 1. The summed E-state index contributed by atoms with van der Waals surface area (Å²) in [6.45, 7) is 0.565. The molecule has 2 heterocycles. The Balaban J connectivity index is 1.93. The maximum absolute atomic E-state index is 12.2. The van der Waals surface area contributed by atoms with E-state index in [1.54, 1.807) is 18.2 Å². The lowest BCUT2D eigenvalue weighted by Gasteiger charge is -2.08. The number of ether oxygens (including phenoxy) is 1. The van der Waals surface area contributed by atoms with Crippen LogP contribution >= 0.6 is 0 Å². The number of hydrogen-bond acceptors (Lipinski definition) is 5. The summed E-state index contributed by atoms with van der Waals surface area (Å²) in [5.74, 6) is -0.641. The minimum absolute atomic E-state index is 0.338. The van der Waals surface area contributed by atoms with Crippen LogP contribution in [0.3, 0.4) is 0 Å². The summed E-state index contributed by atoms with van der Waals surface area (Å²) in [6, 6.07) is 4.89. The molecule has 2 aromatic rings. The molecule has 9 heteroatoms. The lowest BCUT2D eigenvalue weighted by molar-refractivity contribution is 0.0692. The average Bonchev–Trinajstić information content (AvgIpc) is 3.06. The summed E-state index contributed by atoms with van der Waals surface area (Å²) in [6.07, 6.45) is 1.66. The van der Waals surface area contributed by atoms with Crippen molar-refractivity contribution in [2.45, 2.75) is 11.4 Å². The molecule has 0 spiro atoms. The normalized spacial score (nSPS) is 13.5. The first-order valence-corrected chi connectivity index (χ1v) is 7.51. The van der Waals surface area contributed by atoms with Crippen molar-refractivity contribution in [3.63, 3.8) is 0 Å². The molecule has 21 heavy (non-hydrogen) atoms. The van der Waals surface area contributed by atoms with E-state index in [1.165, 1.54) is 0 Å². The molecular weight excluding hydrogens is 298 g/mol. The third kappa shape index (κ3) is 2.42. The van der Waals surface area contributed by atoms with Gasteiger partial charge in [-0.15, -0.1) is 0 Å². The van der Waals surface area contributed by atoms with Crippen molar-refractivity contribution in [2.24, 2.45) is 0 Å². The largest absolute Gasteiger partial charge is 0.493 e. The fraction of sp³-hybridized carbons (Fsp3) is 0.167. The molecule has 1 aromatic carbocycles. The lowest BCUT2D eigenvalue weighted by Crippen LogP contribution is -2.16. The van der Waals surface area contributed by atoms with E-state index in [0.29, 0.717) is 18.7 Å². The summed E-state index contributed by atoms with van der Waals surface area (Å²) in [5.41, 5.74) is 0.829. The van der Waals surface area contributed by atoms with Gasteiger partial charge >= 0.3 is 5.97 Å². The molecule has 0 amide bonds. The molecule has 0 radical (unpaired) electrons. The first-order valence-electron chi connectivity index (χ1n) is 6.02. The molecule has 0 atom stereocenters. The van der Waals surface area contributed by atoms with Gasteiger partial charge in [0.25, 0.3) is 10.0 Å². The van der Waals surface area contributed by atoms with Gasteiger partial charge in [0, 0.05) is 12.1 Å². The highest BCUT2D eigenvalue weighted by Crippen LogP contribution is 2.29. The van der Waals surface area contributed by atoms with Crippen molar-refractivity contribution in [3.8, 4) is 5.75 Å². The number of aromatic nitrogens is 2. The summed E-state index contributed by atoms with van der Waals surface area (Å²) >= 11 is 0. The summed E-state index contributed by atoms with van der Waals surface area (Å²) in [4.78, 5) is 11.0. The number of H-pyrrole nitrogens is 1. The number of sulfonamides is 1. The van der Waals surface area contributed by atoms with Crippen LogP contribution in [0.1, 0.15) is 15.9 Å². The zero-order chi connectivity index (χ0) is 15.0. The Bertz CT molecular complexity index is 812. The molecule has 0 aliphatic carbocycles. The van der Waals surface area contributed by atoms with Gasteiger partial charge in [0.15, 0.2) is 5.03 Å². The molecule has 0 fully saturated rings. The molecule has 3 rings (SSSR count). The summed E-state index contributed by atoms with van der Waals surface area (Å²) in [7, 11) is -4.05. The SMILES string of the molecule is O=C(O)c1cn[nH]c1S(=O)(=O)Nc1ccc2c(c1)CCO2. The Hall–Kier alpha value is -2.55. The van der Waals surface area contributed by atoms with Crippen molar-refractivity contribution in [3.05, 3.63) is 35.5 Å². The minimum atomic E-state index is -4.05. The zero-order valence-corrected chi connectivity index (χ0v) is 11.5. The molecule has 0 saturated heterocycles. The van der Waals surface area contributed by atoms with Crippen LogP contribution in [-0.4, -0.2) is 36.3 Å². The van der Waals surface area contributed by atoms with Crippen LogP contribution in [0.2, 0.25) is 0 Å². The summed E-state index contributed by atoms with van der Waals surface area (Å²) < 4.78 is 32.1. The third-order valence-electron chi connectivity index (χ3n) is 3.05. The number of rotatable bonds is 4. The van der Waals surface area contributed by atoms with Gasteiger partial charge in [-0.05, 0) is 23.8 Å². The van der Waals surface area contributed by atoms with Crippen LogP contribution in [-0.2, 0) is 16.4 Å². The van der Waals surface area contributed by atoms with Gasteiger partial charge < -0.3 is 9.84 Å². The van der Waals surface area contributed by atoms with Gasteiger partial charge in [0.05, 0.1) is 12.8 Å². The van der Waals surface area contributed by atoms with Gasteiger partial charge in [-0.2, -0.15) is 13.5 Å². The van der Waals surface area contributed by atoms with Gasteiger partial charge in [0.2, 0.25) is 0 Å². The number of benzene rings is 1. The number of anilines is 1. The number of aromatic carboxylic acids is 1. The van der Waals surface area contributed by atoms with Crippen LogP contribution in [0.5, 0.6) is 5.75 Å². The van der Waals surface area contributed by atoms with Crippen molar-refractivity contribution in [2.75, 3.05) is 11.3 Å². The van der Waals surface area contributed by atoms with Gasteiger partial charge in [0.1, 0.15) is 11.3 Å². The molecule has 8 nitrogen and oxygen atoms in total. The van der Waals surface area contributed by atoms with E-state index < -0.39 is 26.6 Å². The smallest absolute Gasteiger partial charge is 0.340 e. The van der Waals surface area contributed by atoms with Crippen molar-refractivity contribution in [1.29, 1.82) is 0 Å². The van der Waals surface area contributed by atoms with Crippen LogP contribution in [0.25, 0.3) is 0 Å². The predicted molar refractivity (Wildman–Crippen MR) is 72.0 cm³/mol. The first kappa shape index (κ1) is 13.4. The van der Waals surface area contributed by atoms with Gasteiger partial charge in [-0.1, -0.05) is 0 Å².